The SMILES string of the molecule is CC(C)OC(=O)c1ccc(CC2CCCCCc3c2nnn3S(C)=S)cc1. The van der Waals surface area contributed by atoms with Gasteiger partial charge in [-0.2, -0.15) is 4.09 Å². The van der Waals surface area contributed by atoms with Crippen LogP contribution in [0, 0.1) is 0 Å². The van der Waals surface area contributed by atoms with Crippen molar-refractivity contribution in [1.82, 2.24) is 14.4 Å². The van der Waals surface area contributed by atoms with Crippen molar-refractivity contribution in [2.45, 2.75) is 64.4 Å². The zero-order valence-corrected chi connectivity index (χ0v) is 17.8. The third-order valence-electron chi connectivity index (χ3n) is 4.87. The van der Waals surface area contributed by atoms with E-state index in [0.717, 1.165) is 25.0 Å². The molecule has 0 aliphatic heterocycles. The van der Waals surface area contributed by atoms with Crippen LogP contribution in [0.25, 0.3) is 0 Å². The number of nitrogens with zero attached hydrogens (tertiary/aromatic N) is 3. The highest BCUT2D eigenvalue weighted by Gasteiger charge is 2.24. The molecular weight excluding hydrogens is 378 g/mol. The van der Waals surface area contributed by atoms with Gasteiger partial charge < -0.3 is 4.74 Å². The Bertz CT molecular complexity index is 815. The monoisotopic (exact) mass is 405 g/mol. The van der Waals surface area contributed by atoms with Gasteiger partial charge in [-0.15, -0.1) is 5.10 Å². The van der Waals surface area contributed by atoms with Gasteiger partial charge in [0.2, 0.25) is 0 Å². The fourth-order valence-corrected chi connectivity index (χ4v) is 4.58. The summed E-state index contributed by atoms with van der Waals surface area (Å²) in [4.78, 5) is 12.0. The Hall–Kier alpha value is -1.60. The van der Waals surface area contributed by atoms with Crippen LogP contribution in [0.5, 0.6) is 0 Å². The van der Waals surface area contributed by atoms with Crippen molar-refractivity contribution in [3.05, 3.63) is 46.8 Å². The number of hydrogen-bond acceptors (Lipinski definition) is 5. The smallest absolute Gasteiger partial charge is 0.338 e. The molecule has 1 aromatic carbocycles. The van der Waals surface area contributed by atoms with Crippen LogP contribution in [0.4, 0.5) is 0 Å². The van der Waals surface area contributed by atoms with Crippen LogP contribution in [0.15, 0.2) is 24.3 Å². The molecule has 2 unspecified atom stereocenters. The van der Waals surface area contributed by atoms with E-state index in [2.05, 4.69) is 10.3 Å². The number of aromatic nitrogens is 3. The highest BCUT2D eigenvalue weighted by molar-refractivity contribution is 8.27. The van der Waals surface area contributed by atoms with Gasteiger partial charge in [-0.1, -0.05) is 30.2 Å². The lowest BCUT2D eigenvalue weighted by atomic mass is 9.87. The minimum absolute atomic E-state index is 0.111. The first kappa shape index (κ1) is 20.1. The molecule has 0 N–H and O–H groups in total. The summed E-state index contributed by atoms with van der Waals surface area (Å²) in [5.41, 5.74) is 4.13. The average molecular weight is 406 g/mol. The van der Waals surface area contributed by atoms with Gasteiger partial charge in [-0.25, -0.2) is 4.79 Å². The van der Waals surface area contributed by atoms with Crippen LogP contribution < -0.4 is 0 Å². The minimum Gasteiger partial charge on any atom is -0.459 e. The summed E-state index contributed by atoms with van der Waals surface area (Å²) in [6, 6.07) is 7.76. The second-order valence-corrected chi connectivity index (χ2v) is 10.0. The molecule has 27 heavy (non-hydrogen) atoms. The quantitative estimate of drug-likeness (QED) is 0.709. The maximum atomic E-state index is 12.0. The number of benzene rings is 1. The zero-order chi connectivity index (χ0) is 19.4. The summed E-state index contributed by atoms with van der Waals surface area (Å²) in [5.74, 6) is 0.0780. The van der Waals surface area contributed by atoms with Gasteiger partial charge >= 0.3 is 5.97 Å². The van der Waals surface area contributed by atoms with Gasteiger partial charge in [0, 0.05) is 12.2 Å². The molecule has 0 spiro atoms. The van der Waals surface area contributed by atoms with Crippen molar-refractivity contribution in [3.63, 3.8) is 0 Å². The Morgan fingerprint density at radius 1 is 1.30 bits per heavy atom. The normalized spacial score (nSPS) is 18.4. The first-order chi connectivity index (χ1) is 13.0. The predicted molar refractivity (Wildman–Crippen MR) is 112 cm³/mol. The summed E-state index contributed by atoms with van der Waals surface area (Å²) in [6.07, 6.45) is 8.53. The number of rotatable bonds is 5. The number of carbonyl (C=O) groups excluding carboxylic acids is 1. The van der Waals surface area contributed by atoms with Gasteiger partial charge in [-0.05, 0) is 78.1 Å². The molecule has 1 heterocycles. The van der Waals surface area contributed by atoms with Crippen LogP contribution >= 0.6 is 0 Å². The number of esters is 1. The van der Waals surface area contributed by atoms with Crippen LogP contribution in [-0.2, 0) is 38.4 Å². The van der Waals surface area contributed by atoms with E-state index in [4.69, 9.17) is 15.9 Å². The average Bonchev–Trinajstić information content (AvgIpc) is 3.01. The molecule has 2 atom stereocenters. The molecular formula is C20H27N3O2S2. The van der Waals surface area contributed by atoms with E-state index < -0.39 is 0 Å². The second kappa shape index (κ2) is 9.06. The Kier molecular flexibility index (Phi) is 6.76. The molecule has 5 nitrogen and oxygen atoms in total. The second-order valence-electron chi connectivity index (χ2n) is 7.37. The van der Waals surface area contributed by atoms with Crippen molar-refractivity contribution >= 4 is 26.8 Å². The van der Waals surface area contributed by atoms with Crippen LogP contribution in [-0.4, -0.2) is 32.7 Å². The van der Waals surface area contributed by atoms with Crippen LogP contribution in [0.3, 0.4) is 0 Å². The third-order valence-corrected chi connectivity index (χ3v) is 6.08. The van der Waals surface area contributed by atoms with Crippen molar-refractivity contribution < 1.29 is 9.53 Å². The maximum Gasteiger partial charge on any atom is 0.338 e. The molecule has 2 aromatic rings. The predicted octanol–water partition coefficient (Wildman–Crippen LogP) is 3.76. The van der Waals surface area contributed by atoms with Gasteiger partial charge in [-0.3, -0.25) is 0 Å². The highest BCUT2D eigenvalue weighted by atomic mass is 32.8. The number of carbonyl (C=O) groups is 1. The topological polar surface area (TPSA) is 57.0 Å². The van der Waals surface area contributed by atoms with Gasteiger partial charge in [0.1, 0.15) is 0 Å². The zero-order valence-electron chi connectivity index (χ0n) is 16.2. The molecule has 1 aliphatic rings. The fourth-order valence-electron chi connectivity index (χ4n) is 3.59. The summed E-state index contributed by atoms with van der Waals surface area (Å²) >= 11 is 5.44. The van der Waals surface area contributed by atoms with Crippen molar-refractivity contribution in [2.24, 2.45) is 0 Å². The van der Waals surface area contributed by atoms with Gasteiger partial charge in [0.15, 0.2) is 0 Å². The Morgan fingerprint density at radius 3 is 2.70 bits per heavy atom. The lowest BCUT2D eigenvalue weighted by molar-refractivity contribution is 0.0378. The summed E-state index contributed by atoms with van der Waals surface area (Å²) in [6.45, 7) is 3.71. The molecule has 1 aliphatic carbocycles. The molecule has 7 heteroatoms. The van der Waals surface area contributed by atoms with E-state index in [1.165, 1.54) is 30.5 Å². The van der Waals surface area contributed by atoms with Crippen molar-refractivity contribution in [2.75, 3.05) is 6.26 Å². The summed E-state index contributed by atoms with van der Waals surface area (Å²) < 4.78 is 7.20. The van der Waals surface area contributed by atoms with E-state index in [1.54, 1.807) is 0 Å². The number of fused-ring (bicyclic) bond motifs is 1. The molecule has 146 valence electrons. The van der Waals surface area contributed by atoms with Crippen LogP contribution in [0.1, 0.15) is 72.8 Å². The summed E-state index contributed by atoms with van der Waals surface area (Å²) in [7, 11) is -0.351. The largest absolute Gasteiger partial charge is 0.459 e. The number of hydrogen-bond donors (Lipinski definition) is 0. The molecule has 3 rings (SSSR count). The van der Waals surface area contributed by atoms with E-state index >= 15 is 0 Å². The fraction of sp³-hybridized carbons (Fsp3) is 0.550. The molecule has 0 fully saturated rings. The Balaban J connectivity index is 1.79. The molecule has 0 saturated heterocycles. The lowest BCUT2D eigenvalue weighted by Crippen LogP contribution is -2.14. The molecule has 1 aromatic heterocycles. The first-order valence-corrected chi connectivity index (χ1v) is 12.1. The standard InChI is InChI=1S/C20H27N3O2S2/c1-14(2)25-20(24)16-11-9-15(10-12-16)13-17-7-5-4-6-8-18-19(17)21-22-23(18)27(3)26/h9-12,14,17H,4-8,13H2,1-3H3. The third kappa shape index (κ3) is 5.02. The Labute approximate surface area is 168 Å². The Morgan fingerprint density at radius 2 is 2.04 bits per heavy atom. The minimum atomic E-state index is -0.351. The van der Waals surface area contributed by atoms with Crippen molar-refractivity contribution in [1.29, 1.82) is 0 Å². The number of ether oxygens (including phenoxy) is 1. The maximum absolute atomic E-state index is 12.0. The molecule has 0 amide bonds. The summed E-state index contributed by atoms with van der Waals surface area (Å²) in [5, 5.41) is 8.87. The van der Waals surface area contributed by atoms with E-state index in [9.17, 15) is 4.79 Å². The van der Waals surface area contributed by atoms with Gasteiger partial charge in [0.05, 0.1) is 23.1 Å². The molecule has 0 radical (unpaired) electrons. The highest BCUT2D eigenvalue weighted by Crippen LogP contribution is 2.31. The first-order valence-electron chi connectivity index (χ1n) is 9.54. The van der Waals surface area contributed by atoms with Gasteiger partial charge in [0.25, 0.3) is 0 Å². The van der Waals surface area contributed by atoms with E-state index in [1.807, 2.05) is 48.5 Å². The van der Waals surface area contributed by atoms with E-state index in [0.29, 0.717) is 11.5 Å². The lowest BCUT2D eigenvalue weighted by Gasteiger charge is -2.19. The van der Waals surface area contributed by atoms with Crippen molar-refractivity contribution in [3.8, 4) is 0 Å². The van der Waals surface area contributed by atoms with Crippen LogP contribution in [0.2, 0.25) is 0 Å². The van der Waals surface area contributed by atoms with E-state index in [-0.39, 0.29) is 21.7 Å². The molecule has 0 saturated carbocycles. The molecule has 0 bridgehead atoms.